The number of para-hydroxylation sites is 2. The third kappa shape index (κ3) is 26.2. The van der Waals surface area contributed by atoms with E-state index in [1.807, 2.05) is 23.1 Å². The average molecular weight is 1850 g/mol. The highest BCUT2D eigenvalue weighted by Crippen LogP contribution is 2.37. The second kappa shape index (κ2) is 46.1. The molecule has 0 atom stereocenters. The van der Waals surface area contributed by atoms with Crippen LogP contribution in [0, 0.1) is 41.5 Å². The van der Waals surface area contributed by atoms with Gasteiger partial charge in [0.25, 0.3) is 0 Å². The summed E-state index contributed by atoms with van der Waals surface area (Å²) < 4.78 is 39.5. The molecule has 8 saturated heterocycles. The van der Waals surface area contributed by atoms with Crippen molar-refractivity contribution in [1.82, 2.24) is 44.8 Å². The van der Waals surface area contributed by atoms with Gasteiger partial charge in [-0.05, 0) is 220 Å². The zero-order valence-corrected chi connectivity index (χ0v) is 81.2. The molecule has 718 valence electrons. The smallest absolute Gasteiger partial charge is 0.368 e. The van der Waals surface area contributed by atoms with Crippen LogP contribution in [-0.4, -0.2) is 202 Å². The molecule has 0 amide bonds. The number of rotatable bonds is 22. The first-order valence-electron chi connectivity index (χ1n) is 50.1. The van der Waals surface area contributed by atoms with E-state index in [2.05, 4.69) is 300 Å². The number of hydrogen-bond donors (Lipinski definition) is 4. The molecular formula is C110H137F3N24. The van der Waals surface area contributed by atoms with Gasteiger partial charge in [0.15, 0.2) is 0 Å². The first-order valence-corrected chi connectivity index (χ1v) is 50.1. The van der Waals surface area contributed by atoms with Gasteiger partial charge in [0, 0.05) is 228 Å². The van der Waals surface area contributed by atoms with E-state index in [9.17, 15) is 13.2 Å². The lowest BCUT2D eigenvalue weighted by atomic mass is 10.1. The number of halogens is 3. The van der Waals surface area contributed by atoms with Gasteiger partial charge >= 0.3 is 6.18 Å². The molecule has 20 rings (SSSR count). The second-order valence-corrected chi connectivity index (χ2v) is 37.7. The van der Waals surface area contributed by atoms with E-state index in [-0.39, 0.29) is 0 Å². The van der Waals surface area contributed by atoms with Crippen LogP contribution >= 0.6 is 0 Å². The van der Waals surface area contributed by atoms with Gasteiger partial charge < -0.3 is 75.2 Å². The quantitative estimate of drug-likeness (QED) is 0.0501. The highest BCUT2D eigenvalue weighted by molar-refractivity contribution is 5.69. The molecule has 0 radical (unpaired) electrons. The number of piperazine rings is 4. The molecule has 0 aliphatic carbocycles. The lowest BCUT2D eigenvalue weighted by Gasteiger charge is -2.38. The number of alkyl halides is 3. The molecule has 8 fully saturated rings. The van der Waals surface area contributed by atoms with Gasteiger partial charge in [0.05, 0.1) is 5.56 Å². The minimum absolute atomic E-state index is 0.592. The predicted molar refractivity (Wildman–Crippen MR) is 561 cm³/mol. The van der Waals surface area contributed by atoms with Gasteiger partial charge in [-0.25, -0.2) is 0 Å². The van der Waals surface area contributed by atoms with E-state index in [0.29, 0.717) is 37.8 Å². The third-order valence-corrected chi connectivity index (χ3v) is 27.4. The van der Waals surface area contributed by atoms with Crippen molar-refractivity contribution in [3.05, 3.63) is 268 Å². The Morgan fingerprint density at radius 3 is 0.920 bits per heavy atom. The van der Waals surface area contributed by atoms with Crippen LogP contribution in [0.1, 0.15) is 134 Å². The minimum atomic E-state index is -4.35. The molecule has 8 aliphatic heterocycles. The topological polar surface area (TPSA) is 190 Å². The zero-order chi connectivity index (χ0) is 94.4. The van der Waals surface area contributed by atoms with Crippen molar-refractivity contribution in [3.63, 3.8) is 0 Å². The summed E-state index contributed by atoms with van der Waals surface area (Å²) in [4.78, 5) is 68.0. The molecule has 0 unspecified atom stereocenters. The van der Waals surface area contributed by atoms with Crippen LogP contribution in [0.25, 0.3) is 0 Å². The number of benzene rings is 8. The molecule has 4 N–H and O–H groups in total. The molecule has 4 aromatic heterocycles. The number of anilines is 19. The fraction of sp³-hybridized carbons (Fsp3) is 0.418. The summed E-state index contributed by atoms with van der Waals surface area (Å²) in [6.45, 7) is 38.4. The molecule has 0 spiro atoms. The Hall–Kier alpha value is -13.2. The summed E-state index contributed by atoms with van der Waals surface area (Å²) in [6, 6.07) is 73.6. The summed E-state index contributed by atoms with van der Waals surface area (Å²) in [5, 5.41) is 14.0. The molecule has 12 heterocycles. The number of nitrogens with zero attached hydrogens (tertiary/aromatic N) is 20. The van der Waals surface area contributed by atoms with Crippen molar-refractivity contribution < 1.29 is 13.2 Å². The number of hydrogen-bond acceptors (Lipinski definition) is 24. The largest absolute Gasteiger partial charge is 0.416 e. The molecule has 8 aliphatic rings. The van der Waals surface area contributed by atoms with E-state index >= 15 is 0 Å². The van der Waals surface area contributed by atoms with Crippen molar-refractivity contribution in [3.8, 4) is 0 Å². The maximum atomic E-state index is 13.2. The molecule has 12 aromatic rings. The molecular weight excluding hydrogens is 1710 g/mol. The molecule has 24 nitrogen and oxygen atoms in total. The van der Waals surface area contributed by atoms with Crippen molar-refractivity contribution in [2.45, 2.75) is 145 Å². The van der Waals surface area contributed by atoms with Crippen LogP contribution in [0.5, 0.6) is 0 Å². The number of aromatic nitrogens is 8. The Morgan fingerprint density at radius 1 is 0.270 bits per heavy atom. The van der Waals surface area contributed by atoms with Crippen molar-refractivity contribution in [1.29, 1.82) is 0 Å². The Labute approximate surface area is 808 Å². The van der Waals surface area contributed by atoms with Crippen molar-refractivity contribution >= 4 is 110 Å². The lowest BCUT2D eigenvalue weighted by molar-refractivity contribution is -0.137. The van der Waals surface area contributed by atoms with Crippen LogP contribution in [0.4, 0.5) is 123 Å². The van der Waals surface area contributed by atoms with Crippen LogP contribution in [0.15, 0.2) is 218 Å². The monoisotopic (exact) mass is 1850 g/mol. The van der Waals surface area contributed by atoms with Gasteiger partial charge in [-0.15, -0.1) is 0 Å². The third-order valence-electron chi connectivity index (χ3n) is 27.4. The van der Waals surface area contributed by atoms with Gasteiger partial charge in [-0.2, -0.15) is 53.0 Å². The first kappa shape index (κ1) is 95.6. The second-order valence-electron chi connectivity index (χ2n) is 37.7. The highest BCUT2D eigenvalue weighted by Gasteiger charge is 2.33. The van der Waals surface area contributed by atoms with Crippen LogP contribution in [-0.2, 0) is 19.1 Å². The summed E-state index contributed by atoms with van der Waals surface area (Å²) in [5.41, 5.74) is 17.3. The maximum absolute atomic E-state index is 13.2. The molecule has 0 saturated carbocycles. The Bertz CT molecular complexity index is 5800. The molecule has 0 bridgehead atoms. The fourth-order valence-corrected chi connectivity index (χ4v) is 19.5. The Kier molecular flexibility index (Phi) is 32.2. The van der Waals surface area contributed by atoms with E-state index < -0.39 is 11.7 Å². The Balaban J connectivity index is 0.000000127. The van der Waals surface area contributed by atoms with Crippen LogP contribution in [0.2, 0.25) is 0 Å². The maximum Gasteiger partial charge on any atom is 0.416 e. The summed E-state index contributed by atoms with van der Waals surface area (Å²) >= 11 is 0. The number of piperidine rings is 4. The van der Waals surface area contributed by atoms with E-state index in [1.54, 1.807) is 6.07 Å². The van der Waals surface area contributed by atoms with E-state index in [4.69, 9.17) is 39.9 Å². The summed E-state index contributed by atoms with van der Waals surface area (Å²) in [5.74, 6) is 10.5. The first-order chi connectivity index (χ1) is 66.8. The number of aryl methyl sites for hydroxylation is 7. The molecule has 27 heteroatoms. The predicted octanol–water partition coefficient (Wildman–Crippen LogP) is 21.6. The molecule has 137 heavy (non-hydrogen) atoms. The van der Waals surface area contributed by atoms with Crippen molar-refractivity contribution in [2.24, 2.45) is 0 Å². The highest BCUT2D eigenvalue weighted by atomic mass is 19.4. The van der Waals surface area contributed by atoms with Gasteiger partial charge in [-0.3, -0.25) is 4.90 Å². The molecule has 8 aromatic carbocycles. The minimum Gasteiger partial charge on any atom is -0.368 e. The standard InChI is InChI=1S/2C28H36N6.C27H31F3N6.C27H34N6/c1-21-10-12-24(13-11-21)29-25-20-26(32-14-5-4-6-15-32)31-28(30-25)34-18-16-33(17-19-34)27-22(2)8-7-9-23(27)3;1-3-23-9-5-6-10-25(23)32-17-19-34(20-18-32)28-30-26(29-24-13-11-22(2)12-14-24)21-27(31-28)33-15-7-4-8-16-33;1-20-8-10-22(11-9-20)31-24-19-25(35-12-3-2-4-13-35)33-26(32-24)36-16-14-34(15-17-36)23-7-5-6-21(18-23)27(28,29)30;1-22-10-12-24(13-11-22)28-25-20-26(32-14-6-3-7-15-32)30-27(29-25)33-18-16-31(17-19-33)21-23-8-4-2-5-9-23/h7-13,20H,4-6,14-19H2,1-3H3,(H,29,30,31);5-6,9-14,21H,3-4,7-8,15-20H2,1-2H3,(H,29,30,31);5-11,18-19H,2-4,12-17H2,1H3,(H,31,32,33);2,4-5,8-13,20H,3,6-7,14-19,21H2,1H3,(H,28,29,30). The van der Waals surface area contributed by atoms with Crippen LogP contribution in [0.3, 0.4) is 0 Å². The Morgan fingerprint density at radius 2 is 0.577 bits per heavy atom. The van der Waals surface area contributed by atoms with Crippen LogP contribution < -0.4 is 75.2 Å². The van der Waals surface area contributed by atoms with E-state index in [0.717, 1.165) is 250 Å². The lowest BCUT2D eigenvalue weighted by Crippen LogP contribution is -2.47. The summed E-state index contributed by atoms with van der Waals surface area (Å²) in [6.07, 6.45) is 11.6. The van der Waals surface area contributed by atoms with Gasteiger partial charge in [0.1, 0.15) is 46.5 Å². The zero-order valence-electron chi connectivity index (χ0n) is 81.2. The summed E-state index contributed by atoms with van der Waals surface area (Å²) in [7, 11) is 0. The normalized spacial score (nSPS) is 16.8. The number of nitrogens with one attached hydrogen (secondary N) is 4. The van der Waals surface area contributed by atoms with Gasteiger partial charge in [-0.1, -0.05) is 151 Å². The average Bonchev–Trinajstić information content (AvgIpc) is 0.808. The van der Waals surface area contributed by atoms with Crippen molar-refractivity contribution in [2.75, 3.05) is 232 Å². The SMILES string of the molecule is CCc1ccccc1N1CCN(c2nc(Nc3ccc(C)cc3)cc(N3CCCCC3)n2)CC1.Cc1ccc(Nc2cc(N3CCCCC3)nc(N3CCN(Cc4ccccc4)CC3)n2)cc1.Cc1ccc(Nc2cc(N3CCCCC3)nc(N3CCN(c4c(C)cccc4C)CC3)n2)cc1.Cc1ccc(Nc2cc(N3CCCCC3)nc(N3CCN(c4cccc(C(F)(F)F)c4)CC3)n2)cc1. The fourth-order valence-electron chi connectivity index (χ4n) is 19.5. The van der Waals surface area contributed by atoms with Gasteiger partial charge in [0.2, 0.25) is 23.8 Å². The van der Waals surface area contributed by atoms with E-state index in [1.165, 1.54) is 132 Å².